The van der Waals surface area contributed by atoms with Crippen molar-refractivity contribution >= 4 is 5.82 Å². The van der Waals surface area contributed by atoms with Gasteiger partial charge >= 0.3 is 0 Å². The van der Waals surface area contributed by atoms with Gasteiger partial charge in [-0.1, -0.05) is 13.8 Å². The zero-order chi connectivity index (χ0) is 20.4. The van der Waals surface area contributed by atoms with Crippen LogP contribution >= 0.6 is 0 Å². The molecule has 2 aliphatic heterocycles. The number of benzene rings is 1. The molecule has 1 aromatic heterocycles. The molecule has 7 heteroatoms. The Labute approximate surface area is 171 Å². The number of aromatic nitrogens is 2. The maximum atomic E-state index is 13.9. The van der Waals surface area contributed by atoms with Crippen molar-refractivity contribution in [2.24, 2.45) is 5.41 Å². The van der Waals surface area contributed by atoms with Crippen LogP contribution in [0.1, 0.15) is 44.6 Å². The van der Waals surface area contributed by atoms with Crippen LogP contribution < -0.4 is 15.0 Å². The van der Waals surface area contributed by atoms with Gasteiger partial charge in [-0.3, -0.25) is 0 Å². The van der Waals surface area contributed by atoms with Crippen LogP contribution in [0.3, 0.4) is 0 Å². The quantitative estimate of drug-likeness (QED) is 0.774. The van der Waals surface area contributed by atoms with Crippen LogP contribution in [0.4, 0.5) is 10.2 Å². The molecule has 3 heterocycles. The monoisotopic (exact) mass is 400 g/mol. The van der Waals surface area contributed by atoms with Crippen molar-refractivity contribution < 1.29 is 14.2 Å². The van der Waals surface area contributed by atoms with Crippen molar-refractivity contribution in [3.63, 3.8) is 0 Å². The van der Waals surface area contributed by atoms with E-state index in [2.05, 4.69) is 20.2 Å². The lowest BCUT2D eigenvalue weighted by Crippen LogP contribution is -2.29. The van der Waals surface area contributed by atoms with Gasteiger partial charge in [-0.05, 0) is 44.0 Å². The summed E-state index contributed by atoms with van der Waals surface area (Å²) in [7, 11) is 0. The van der Waals surface area contributed by atoms with E-state index < -0.39 is 6.10 Å². The van der Waals surface area contributed by atoms with E-state index in [-0.39, 0.29) is 11.7 Å². The maximum Gasteiger partial charge on any atom is 0.188 e. The molecular formula is C22H29FN4O2. The smallest absolute Gasteiger partial charge is 0.188 e. The fraction of sp³-hybridized carbons (Fsp3) is 0.545. The number of ether oxygens (including phenoxy) is 1. The first-order valence-electron chi connectivity index (χ1n) is 10.4. The summed E-state index contributed by atoms with van der Waals surface area (Å²) in [5.74, 6) is 1.25. The summed E-state index contributed by atoms with van der Waals surface area (Å²) < 4.78 is 20.1. The van der Waals surface area contributed by atoms with E-state index >= 15 is 0 Å². The second-order valence-corrected chi connectivity index (χ2v) is 8.36. The van der Waals surface area contributed by atoms with Crippen LogP contribution in [0.2, 0.25) is 0 Å². The average Bonchev–Trinajstić information content (AvgIpc) is 3.38. The van der Waals surface area contributed by atoms with E-state index in [1.807, 2.05) is 13.8 Å². The number of hydrogen-bond acceptors (Lipinski definition) is 6. The molecule has 0 amide bonds. The topological polar surface area (TPSA) is 70.5 Å². The number of hydrogen-bond donors (Lipinski definition) is 2. The van der Waals surface area contributed by atoms with Crippen LogP contribution in [0, 0.1) is 11.2 Å². The number of aliphatic hydroxyl groups excluding tert-OH is 1. The molecule has 29 heavy (non-hydrogen) atoms. The summed E-state index contributed by atoms with van der Waals surface area (Å²) >= 11 is 0. The molecule has 0 saturated carbocycles. The van der Waals surface area contributed by atoms with Gasteiger partial charge in [0.25, 0.3) is 0 Å². The van der Waals surface area contributed by atoms with Gasteiger partial charge in [0, 0.05) is 36.5 Å². The van der Waals surface area contributed by atoms with Crippen molar-refractivity contribution in [3.8, 4) is 11.5 Å². The van der Waals surface area contributed by atoms with Crippen LogP contribution in [-0.2, 0) is 0 Å². The molecule has 2 aliphatic rings. The molecule has 0 bridgehead atoms. The van der Waals surface area contributed by atoms with Crippen molar-refractivity contribution in [2.45, 2.75) is 45.1 Å². The largest absolute Gasteiger partial charge is 0.452 e. The second kappa shape index (κ2) is 8.24. The SMILES string of the molecule is CCC(O)C(C)c1cc(F)ccc1Oc1cncnc1N1CCC2(CCNC2)C1. The molecular weight excluding hydrogens is 371 g/mol. The summed E-state index contributed by atoms with van der Waals surface area (Å²) in [5, 5.41) is 13.8. The third-order valence-corrected chi connectivity index (χ3v) is 6.41. The Morgan fingerprint density at radius 2 is 2.21 bits per heavy atom. The lowest BCUT2D eigenvalue weighted by atomic mass is 9.87. The number of aliphatic hydroxyl groups is 1. The van der Waals surface area contributed by atoms with E-state index in [9.17, 15) is 9.50 Å². The summed E-state index contributed by atoms with van der Waals surface area (Å²) in [5.41, 5.74) is 0.954. The minimum Gasteiger partial charge on any atom is -0.452 e. The third-order valence-electron chi connectivity index (χ3n) is 6.41. The minimum absolute atomic E-state index is 0.251. The van der Waals surface area contributed by atoms with Crippen LogP contribution in [0.25, 0.3) is 0 Å². The Balaban J connectivity index is 1.61. The van der Waals surface area contributed by atoms with Crippen molar-refractivity contribution in [3.05, 3.63) is 42.1 Å². The van der Waals surface area contributed by atoms with E-state index in [0.717, 1.165) is 38.4 Å². The van der Waals surface area contributed by atoms with Crippen molar-refractivity contribution in [2.75, 3.05) is 31.1 Å². The van der Waals surface area contributed by atoms with Crippen molar-refractivity contribution in [1.29, 1.82) is 0 Å². The molecule has 0 aliphatic carbocycles. The Kier molecular flexibility index (Phi) is 5.69. The average molecular weight is 400 g/mol. The van der Waals surface area contributed by atoms with Crippen molar-refractivity contribution in [1.82, 2.24) is 15.3 Å². The van der Waals surface area contributed by atoms with Crippen LogP contribution in [0.15, 0.2) is 30.7 Å². The molecule has 2 saturated heterocycles. The zero-order valence-corrected chi connectivity index (χ0v) is 17.1. The summed E-state index contributed by atoms with van der Waals surface area (Å²) in [6.07, 6.45) is 5.52. The molecule has 3 atom stereocenters. The highest BCUT2D eigenvalue weighted by atomic mass is 19.1. The van der Waals surface area contributed by atoms with Crippen LogP contribution in [-0.4, -0.2) is 47.4 Å². The fourth-order valence-corrected chi connectivity index (χ4v) is 4.53. The molecule has 1 spiro atoms. The maximum absolute atomic E-state index is 13.9. The second-order valence-electron chi connectivity index (χ2n) is 8.36. The normalized spacial score (nSPS) is 23.5. The Morgan fingerprint density at radius 3 is 2.97 bits per heavy atom. The van der Waals surface area contributed by atoms with Gasteiger partial charge in [0.1, 0.15) is 17.9 Å². The van der Waals surface area contributed by atoms with E-state index in [1.54, 1.807) is 12.3 Å². The first kappa shape index (κ1) is 20.0. The number of halogens is 1. The molecule has 2 aromatic rings. The van der Waals surface area contributed by atoms with Gasteiger partial charge in [-0.25, -0.2) is 14.4 Å². The van der Waals surface area contributed by atoms with Crippen LogP contribution in [0.5, 0.6) is 11.5 Å². The highest BCUT2D eigenvalue weighted by molar-refractivity contribution is 5.54. The molecule has 4 rings (SSSR count). The molecule has 2 fully saturated rings. The Morgan fingerprint density at radius 1 is 1.34 bits per heavy atom. The first-order valence-corrected chi connectivity index (χ1v) is 10.4. The molecule has 156 valence electrons. The predicted molar refractivity (Wildman–Crippen MR) is 110 cm³/mol. The molecule has 3 unspecified atom stereocenters. The highest BCUT2D eigenvalue weighted by Gasteiger charge is 2.41. The first-order chi connectivity index (χ1) is 14.0. The van der Waals surface area contributed by atoms with Gasteiger partial charge in [0.05, 0.1) is 12.3 Å². The van der Waals surface area contributed by atoms with Gasteiger partial charge < -0.3 is 20.1 Å². The van der Waals surface area contributed by atoms with E-state index in [4.69, 9.17) is 4.74 Å². The highest BCUT2D eigenvalue weighted by Crippen LogP contribution is 2.41. The Hall–Kier alpha value is -2.25. The number of nitrogens with zero attached hydrogens (tertiary/aromatic N) is 3. The van der Waals surface area contributed by atoms with Gasteiger partial charge in [0.15, 0.2) is 11.6 Å². The van der Waals surface area contributed by atoms with Gasteiger partial charge in [0.2, 0.25) is 0 Å². The Bertz CT molecular complexity index is 856. The molecule has 0 radical (unpaired) electrons. The number of anilines is 1. The number of rotatable bonds is 6. The van der Waals surface area contributed by atoms with Gasteiger partial charge in [-0.2, -0.15) is 0 Å². The molecule has 1 aromatic carbocycles. The van der Waals surface area contributed by atoms with E-state index in [1.165, 1.54) is 24.9 Å². The lowest BCUT2D eigenvalue weighted by molar-refractivity contribution is 0.144. The van der Waals surface area contributed by atoms with E-state index in [0.29, 0.717) is 28.9 Å². The standard InChI is InChI=1S/C22H29FN4O2/c1-3-18(28)15(2)17-10-16(23)4-5-19(17)29-20-11-25-14-26-21(20)27-9-7-22(13-27)6-8-24-12-22/h4-5,10-11,14-15,18,24,28H,3,6-9,12-13H2,1-2H3. The minimum atomic E-state index is -0.570. The van der Waals surface area contributed by atoms with Gasteiger partial charge in [-0.15, -0.1) is 0 Å². The fourth-order valence-electron chi connectivity index (χ4n) is 4.53. The molecule has 6 nitrogen and oxygen atoms in total. The summed E-state index contributed by atoms with van der Waals surface area (Å²) in [6, 6.07) is 4.44. The molecule has 2 N–H and O–H groups in total. The predicted octanol–water partition coefficient (Wildman–Crippen LogP) is 3.47. The zero-order valence-electron chi connectivity index (χ0n) is 17.1. The lowest BCUT2D eigenvalue weighted by Gasteiger charge is -2.25. The summed E-state index contributed by atoms with van der Waals surface area (Å²) in [6.45, 7) is 7.77. The third kappa shape index (κ3) is 4.07. The summed E-state index contributed by atoms with van der Waals surface area (Å²) in [4.78, 5) is 10.9. The number of nitrogens with one attached hydrogen (secondary N) is 1.